The second-order valence-corrected chi connectivity index (χ2v) is 5.33. The number of aliphatic carboxylic acids is 1. The van der Waals surface area contributed by atoms with Gasteiger partial charge in [0.25, 0.3) is 0 Å². The molecule has 0 amide bonds. The van der Waals surface area contributed by atoms with E-state index in [0.29, 0.717) is 11.5 Å². The molecular formula is C18H23NO2. The number of benzene rings is 1. The molecule has 0 spiro atoms. The summed E-state index contributed by atoms with van der Waals surface area (Å²) in [6.45, 7) is 4.43. The number of nitrogens with zero attached hydrogens (tertiary/aromatic N) is 1. The lowest BCUT2D eigenvalue weighted by molar-refractivity contribution is -0.131. The van der Waals surface area contributed by atoms with Gasteiger partial charge in [-0.1, -0.05) is 63.8 Å². The highest BCUT2D eigenvalue weighted by molar-refractivity contribution is 5.94. The van der Waals surface area contributed by atoms with E-state index in [0.717, 1.165) is 12.5 Å². The minimum atomic E-state index is -1.10. The molecule has 3 heteroatoms. The van der Waals surface area contributed by atoms with E-state index >= 15 is 0 Å². The molecule has 0 aliphatic rings. The minimum Gasteiger partial charge on any atom is -0.478 e. The number of carbonyl (C=O) groups is 1. The Morgan fingerprint density at radius 3 is 2.48 bits per heavy atom. The molecule has 3 nitrogen and oxygen atoms in total. The summed E-state index contributed by atoms with van der Waals surface area (Å²) in [5.74, 6) is -0.401. The van der Waals surface area contributed by atoms with Crippen LogP contribution in [-0.2, 0) is 11.2 Å². The molecule has 1 atom stereocenters. The van der Waals surface area contributed by atoms with Gasteiger partial charge in [0.05, 0.1) is 5.57 Å². The molecule has 112 valence electrons. The van der Waals surface area contributed by atoms with Gasteiger partial charge in [-0.05, 0) is 23.5 Å². The van der Waals surface area contributed by atoms with Gasteiger partial charge in [-0.15, -0.1) is 0 Å². The third-order valence-corrected chi connectivity index (χ3v) is 3.72. The SMILES string of the molecule is CCCCC(CC)Cc1ccc(C(C#N)=CC(=O)O)cc1. The zero-order valence-corrected chi connectivity index (χ0v) is 12.8. The van der Waals surface area contributed by atoms with Crippen LogP contribution in [0.25, 0.3) is 5.57 Å². The zero-order valence-electron chi connectivity index (χ0n) is 12.8. The molecule has 1 rings (SSSR count). The third kappa shape index (κ3) is 5.83. The maximum atomic E-state index is 10.7. The smallest absolute Gasteiger partial charge is 0.329 e. The van der Waals surface area contributed by atoms with Gasteiger partial charge < -0.3 is 5.11 Å². The standard InChI is InChI=1S/C18H23NO2/c1-3-5-6-14(4-2)11-15-7-9-16(10-8-15)17(13-19)12-18(20)21/h7-10,12,14H,3-6,11H2,1-2H3,(H,20,21). The predicted molar refractivity (Wildman–Crippen MR) is 84.7 cm³/mol. The van der Waals surface area contributed by atoms with Gasteiger partial charge in [-0.2, -0.15) is 5.26 Å². The van der Waals surface area contributed by atoms with E-state index in [4.69, 9.17) is 10.4 Å². The van der Waals surface area contributed by atoms with Crippen LogP contribution in [0.3, 0.4) is 0 Å². The van der Waals surface area contributed by atoms with E-state index in [2.05, 4.69) is 13.8 Å². The van der Waals surface area contributed by atoms with Crippen LogP contribution in [0, 0.1) is 17.2 Å². The number of unbranched alkanes of at least 4 members (excludes halogenated alkanes) is 1. The van der Waals surface area contributed by atoms with Crippen LogP contribution in [0.2, 0.25) is 0 Å². The Kier molecular flexibility index (Phi) is 7.25. The average Bonchev–Trinajstić information content (AvgIpc) is 2.49. The first-order valence-corrected chi connectivity index (χ1v) is 7.54. The van der Waals surface area contributed by atoms with Gasteiger partial charge >= 0.3 is 5.97 Å². The van der Waals surface area contributed by atoms with Gasteiger partial charge in [0.2, 0.25) is 0 Å². The first kappa shape index (κ1) is 17.0. The monoisotopic (exact) mass is 285 g/mol. The number of hydrogen-bond acceptors (Lipinski definition) is 2. The van der Waals surface area contributed by atoms with Gasteiger partial charge in [-0.3, -0.25) is 0 Å². The first-order chi connectivity index (χ1) is 10.1. The molecule has 0 saturated carbocycles. The summed E-state index contributed by atoms with van der Waals surface area (Å²) in [5, 5.41) is 17.7. The van der Waals surface area contributed by atoms with Crippen molar-refractivity contribution in [2.45, 2.75) is 46.0 Å². The largest absolute Gasteiger partial charge is 0.478 e. The zero-order chi connectivity index (χ0) is 15.7. The summed E-state index contributed by atoms with van der Waals surface area (Å²) < 4.78 is 0. The molecule has 0 aliphatic heterocycles. The lowest BCUT2D eigenvalue weighted by atomic mass is 9.91. The van der Waals surface area contributed by atoms with Crippen molar-refractivity contribution in [3.05, 3.63) is 41.5 Å². The van der Waals surface area contributed by atoms with Gasteiger partial charge in [0.1, 0.15) is 6.07 Å². The third-order valence-electron chi connectivity index (χ3n) is 3.72. The molecule has 1 aromatic rings. The minimum absolute atomic E-state index is 0.187. The van der Waals surface area contributed by atoms with Crippen molar-refractivity contribution in [3.8, 4) is 6.07 Å². The maximum absolute atomic E-state index is 10.7. The summed E-state index contributed by atoms with van der Waals surface area (Å²) in [6, 6.07) is 9.59. The Morgan fingerprint density at radius 1 is 1.33 bits per heavy atom. The van der Waals surface area contributed by atoms with Crippen molar-refractivity contribution in [2.75, 3.05) is 0 Å². The number of hydrogen-bond donors (Lipinski definition) is 1. The highest BCUT2D eigenvalue weighted by atomic mass is 16.4. The number of nitriles is 1. The predicted octanol–water partition coefficient (Wildman–Crippen LogP) is 4.44. The highest BCUT2D eigenvalue weighted by Crippen LogP contribution is 2.20. The van der Waals surface area contributed by atoms with Crippen LogP contribution >= 0.6 is 0 Å². The van der Waals surface area contributed by atoms with Crippen molar-refractivity contribution in [3.63, 3.8) is 0 Å². The molecule has 0 fully saturated rings. The Hall–Kier alpha value is -2.08. The topological polar surface area (TPSA) is 61.1 Å². The second-order valence-electron chi connectivity index (χ2n) is 5.33. The molecule has 0 aromatic heterocycles. The summed E-state index contributed by atoms with van der Waals surface area (Å²) in [6.07, 6.45) is 6.89. The van der Waals surface area contributed by atoms with Crippen LogP contribution in [-0.4, -0.2) is 11.1 Å². The fourth-order valence-electron chi connectivity index (χ4n) is 2.40. The summed E-state index contributed by atoms with van der Waals surface area (Å²) in [5.41, 5.74) is 2.09. The molecule has 21 heavy (non-hydrogen) atoms. The molecule has 0 heterocycles. The van der Waals surface area contributed by atoms with Crippen molar-refractivity contribution < 1.29 is 9.90 Å². The van der Waals surface area contributed by atoms with Crippen LogP contribution in [0.4, 0.5) is 0 Å². The van der Waals surface area contributed by atoms with E-state index in [-0.39, 0.29) is 5.57 Å². The number of carboxylic acids is 1. The number of allylic oxidation sites excluding steroid dienone is 1. The average molecular weight is 285 g/mol. The van der Waals surface area contributed by atoms with Crippen LogP contribution < -0.4 is 0 Å². The fourth-order valence-corrected chi connectivity index (χ4v) is 2.40. The normalized spacial score (nSPS) is 12.7. The fraction of sp³-hybridized carbons (Fsp3) is 0.444. The Labute approximate surface area is 126 Å². The number of rotatable bonds is 8. The molecular weight excluding hydrogens is 262 g/mol. The Balaban J connectivity index is 2.78. The molecule has 0 aliphatic carbocycles. The summed E-state index contributed by atoms with van der Waals surface area (Å²) in [7, 11) is 0. The van der Waals surface area contributed by atoms with Crippen molar-refractivity contribution in [2.24, 2.45) is 5.92 Å². The van der Waals surface area contributed by atoms with E-state index in [1.54, 1.807) is 0 Å². The van der Waals surface area contributed by atoms with Crippen molar-refractivity contribution in [1.82, 2.24) is 0 Å². The molecule has 1 aromatic carbocycles. The van der Waals surface area contributed by atoms with E-state index < -0.39 is 5.97 Å². The lowest BCUT2D eigenvalue weighted by Crippen LogP contribution is -2.03. The first-order valence-electron chi connectivity index (χ1n) is 7.54. The second kappa shape index (κ2) is 8.97. The highest BCUT2D eigenvalue weighted by Gasteiger charge is 2.08. The quantitative estimate of drug-likeness (QED) is 0.567. The Bertz CT molecular complexity index is 523. The van der Waals surface area contributed by atoms with Crippen LogP contribution in [0.15, 0.2) is 30.3 Å². The van der Waals surface area contributed by atoms with E-state index in [9.17, 15) is 4.79 Å². The number of carboxylic acid groups (broad SMARTS) is 1. The van der Waals surface area contributed by atoms with Gasteiger partial charge in [0.15, 0.2) is 0 Å². The Morgan fingerprint density at radius 2 is 2.00 bits per heavy atom. The molecule has 0 radical (unpaired) electrons. The summed E-state index contributed by atoms with van der Waals surface area (Å²) >= 11 is 0. The van der Waals surface area contributed by atoms with Crippen LogP contribution in [0.5, 0.6) is 0 Å². The van der Waals surface area contributed by atoms with Gasteiger partial charge in [-0.25, -0.2) is 4.79 Å². The van der Waals surface area contributed by atoms with Crippen LogP contribution in [0.1, 0.15) is 50.7 Å². The molecule has 0 bridgehead atoms. The lowest BCUT2D eigenvalue weighted by Gasteiger charge is -2.14. The van der Waals surface area contributed by atoms with E-state index in [1.807, 2.05) is 30.3 Å². The maximum Gasteiger partial charge on any atom is 0.329 e. The molecule has 1 unspecified atom stereocenters. The van der Waals surface area contributed by atoms with Crippen molar-refractivity contribution in [1.29, 1.82) is 5.26 Å². The molecule has 0 saturated heterocycles. The van der Waals surface area contributed by atoms with Gasteiger partial charge in [0, 0.05) is 6.08 Å². The molecule has 1 N–H and O–H groups in total. The van der Waals surface area contributed by atoms with Crippen molar-refractivity contribution >= 4 is 11.5 Å². The van der Waals surface area contributed by atoms with E-state index in [1.165, 1.54) is 31.2 Å². The summed E-state index contributed by atoms with van der Waals surface area (Å²) in [4.78, 5) is 10.7.